The summed E-state index contributed by atoms with van der Waals surface area (Å²) in [5, 5.41) is 4.37. The molecule has 0 radical (unpaired) electrons. The minimum Gasteiger partial charge on any atom is -0.328 e. The van der Waals surface area contributed by atoms with E-state index in [1.165, 1.54) is 0 Å². The van der Waals surface area contributed by atoms with Crippen LogP contribution in [0, 0.1) is 0 Å². The first-order valence-corrected chi connectivity index (χ1v) is 6.58. The number of rotatable bonds is 4. The topological polar surface area (TPSA) is 61.7 Å². The van der Waals surface area contributed by atoms with E-state index < -0.39 is 0 Å². The lowest BCUT2D eigenvalue weighted by molar-refractivity contribution is 0.268. The monoisotopic (exact) mass is 245 g/mol. The molecule has 0 spiro atoms. The zero-order valence-electron chi connectivity index (χ0n) is 10.7. The molecule has 0 amide bonds. The Bertz CT molecular complexity index is 521. The van der Waals surface area contributed by atoms with E-state index in [1.54, 1.807) is 0 Å². The first-order valence-electron chi connectivity index (χ1n) is 6.58. The van der Waals surface area contributed by atoms with Crippen LogP contribution in [-0.2, 0) is 6.54 Å². The van der Waals surface area contributed by atoms with Crippen LogP contribution < -0.4 is 5.73 Å². The van der Waals surface area contributed by atoms with Gasteiger partial charge < -0.3 is 10.3 Å². The van der Waals surface area contributed by atoms with E-state index >= 15 is 0 Å². The fraction of sp³-hybridized carbons (Fsp3) is 0.538. The predicted octanol–water partition coefficient (Wildman–Crippen LogP) is 1.82. The molecule has 1 saturated carbocycles. The van der Waals surface area contributed by atoms with Gasteiger partial charge in [0, 0.05) is 30.4 Å². The third kappa shape index (κ3) is 1.95. The Labute approximate surface area is 107 Å². The van der Waals surface area contributed by atoms with Crippen LogP contribution in [0.25, 0.3) is 11.3 Å². The molecule has 5 heteroatoms. The standard InChI is InChI=1S/C13H19N5/c1-2-3-17-8-10(6-16-17)13-7-15-9-18(13)12-4-11(14)5-12/h6-9,11-12H,2-5,14H2,1H3. The Hall–Kier alpha value is -1.62. The summed E-state index contributed by atoms with van der Waals surface area (Å²) in [6.07, 6.45) is 11.0. The van der Waals surface area contributed by atoms with Crippen LogP contribution in [0.5, 0.6) is 0 Å². The second-order valence-corrected chi connectivity index (χ2v) is 5.06. The Kier molecular flexibility index (Phi) is 2.91. The number of aromatic nitrogens is 4. The van der Waals surface area contributed by atoms with Crippen LogP contribution in [-0.4, -0.2) is 25.4 Å². The molecule has 96 valence electrons. The van der Waals surface area contributed by atoms with E-state index in [1.807, 2.05) is 23.4 Å². The lowest BCUT2D eigenvalue weighted by Gasteiger charge is -2.34. The molecule has 5 nitrogen and oxygen atoms in total. The van der Waals surface area contributed by atoms with E-state index in [0.29, 0.717) is 12.1 Å². The van der Waals surface area contributed by atoms with Gasteiger partial charge in [-0.15, -0.1) is 0 Å². The Morgan fingerprint density at radius 1 is 1.39 bits per heavy atom. The van der Waals surface area contributed by atoms with Gasteiger partial charge in [-0.05, 0) is 19.3 Å². The third-order valence-electron chi connectivity index (χ3n) is 3.59. The Balaban J connectivity index is 1.85. The van der Waals surface area contributed by atoms with Crippen molar-refractivity contribution in [1.82, 2.24) is 19.3 Å². The van der Waals surface area contributed by atoms with Crippen molar-refractivity contribution >= 4 is 0 Å². The molecule has 2 aromatic rings. The van der Waals surface area contributed by atoms with E-state index in [9.17, 15) is 0 Å². The normalized spacial score (nSPS) is 23.0. The summed E-state index contributed by atoms with van der Waals surface area (Å²) < 4.78 is 4.22. The van der Waals surface area contributed by atoms with E-state index in [2.05, 4.69) is 27.8 Å². The highest BCUT2D eigenvalue weighted by Gasteiger charge is 2.28. The van der Waals surface area contributed by atoms with Crippen molar-refractivity contribution in [3.8, 4) is 11.3 Å². The molecule has 1 aliphatic rings. The molecule has 0 atom stereocenters. The number of nitrogens with zero attached hydrogens (tertiary/aromatic N) is 4. The molecule has 3 rings (SSSR count). The zero-order chi connectivity index (χ0) is 12.5. The third-order valence-corrected chi connectivity index (χ3v) is 3.59. The number of hydrogen-bond acceptors (Lipinski definition) is 3. The molecule has 0 saturated heterocycles. The number of nitrogens with two attached hydrogens (primary N) is 1. The van der Waals surface area contributed by atoms with Gasteiger partial charge in [-0.25, -0.2) is 4.98 Å². The van der Waals surface area contributed by atoms with E-state index in [4.69, 9.17) is 5.73 Å². The highest BCUT2D eigenvalue weighted by Crippen LogP contribution is 2.34. The number of imidazole rings is 1. The first kappa shape index (κ1) is 11.5. The number of hydrogen-bond donors (Lipinski definition) is 1. The van der Waals surface area contributed by atoms with Crippen LogP contribution in [0.4, 0.5) is 0 Å². The van der Waals surface area contributed by atoms with Gasteiger partial charge >= 0.3 is 0 Å². The molecular weight excluding hydrogens is 226 g/mol. The molecule has 2 N–H and O–H groups in total. The summed E-state index contributed by atoms with van der Waals surface area (Å²) >= 11 is 0. The molecular formula is C13H19N5. The second kappa shape index (κ2) is 4.57. The van der Waals surface area contributed by atoms with Crippen LogP contribution >= 0.6 is 0 Å². The van der Waals surface area contributed by atoms with E-state index in [-0.39, 0.29) is 0 Å². The lowest BCUT2D eigenvalue weighted by atomic mass is 9.87. The molecule has 18 heavy (non-hydrogen) atoms. The average Bonchev–Trinajstić information content (AvgIpc) is 2.92. The summed E-state index contributed by atoms with van der Waals surface area (Å²) in [7, 11) is 0. The minimum atomic E-state index is 0.355. The van der Waals surface area contributed by atoms with Gasteiger partial charge in [0.15, 0.2) is 0 Å². The summed E-state index contributed by atoms with van der Waals surface area (Å²) in [5.41, 5.74) is 8.14. The summed E-state index contributed by atoms with van der Waals surface area (Å²) in [5.74, 6) is 0. The van der Waals surface area contributed by atoms with Gasteiger partial charge in [0.1, 0.15) is 0 Å². The fourth-order valence-corrected chi connectivity index (χ4v) is 2.52. The second-order valence-electron chi connectivity index (χ2n) is 5.06. The van der Waals surface area contributed by atoms with Gasteiger partial charge in [-0.2, -0.15) is 5.10 Å². The molecule has 2 heterocycles. The van der Waals surface area contributed by atoms with Crippen molar-refractivity contribution in [3.63, 3.8) is 0 Å². The molecule has 1 fully saturated rings. The quantitative estimate of drug-likeness (QED) is 0.893. The minimum absolute atomic E-state index is 0.355. The van der Waals surface area contributed by atoms with Crippen molar-refractivity contribution in [3.05, 3.63) is 24.9 Å². The molecule has 0 aromatic carbocycles. The Morgan fingerprint density at radius 2 is 2.22 bits per heavy atom. The summed E-state index contributed by atoms with van der Waals surface area (Å²) in [6, 6.07) is 0.861. The maximum absolute atomic E-state index is 5.86. The van der Waals surface area contributed by atoms with Gasteiger partial charge in [-0.1, -0.05) is 6.92 Å². The van der Waals surface area contributed by atoms with Crippen molar-refractivity contribution in [1.29, 1.82) is 0 Å². The molecule has 0 aliphatic heterocycles. The van der Waals surface area contributed by atoms with Gasteiger partial charge in [-0.3, -0.25) is 4.68 Å². The summed E-state index contributed by atoms with van der Waals surface area (Å²) in [4.78, 5) is 4.27. The van der Waals surface area contributed by atoms with Crippen LogP contribution in [0.3, 0.4) is 0 Å². The molecule has 0 unspecified atom stereocenters. The summed E-state index contributed by atoms with van der Waals surface area (Å²) in [6.45, 7) is 3.11. The molecule has 1 aliphatic carbocycles. The predicted molar refractivity (Wildman–Crippen MR) is 70.0 cm³/mol. The molecule has 2 aromatic heterocycles. The number of aryl methyl sites for hydroxylation is 1. The maximum atomic E-state index is 5.86. The molecule has 0 bridgehead atoms. The van der Waals surface area contributed by atoms with Crippen LogP contribution in [0.1, 0.15) is 32.2 Å². The maximum Gasteiger partial charge on any atom is 0.0953 e. The van der Waals surface area contributed by atoms with Crippen LogP contribution in [0.15, 0.2) is 24.9 Å². The Morgan fingerprint density at radius 3 is 2.94 bits per heavy atom. The lowest BCUT2D eigenvalue weighted by Crippen LogP contribution is -2.37. The zero-order valence-corrected chi connectivity index (χ0v) is 10.7. The highest BCUT2D eigenvalue weighted by atomic mass is 15.3. The van der Waals surface area contributed by atoms with Crippen molar-refractivity contribution in [2.24, 2.45) is 5.73 Å². The van der Waals surface area contributed by atoms with Crippen molar-refractivity contribution < 1.29 is 0 Å². The van der Waals surface area contributed by atoms with Crippen molar-refractivity contribution in [2.45, 2.75) is 44.8 Å². The average molecular weight is 245 g/mol. The van der Waals surface area contributed by atoms with Crippen molar-refractivity contribution in [2.75, 3.05) is 0 Å². The fourth-order valence-electron chi connectivity index (χ4n) is 2.52. The smallest absolute Gasteiger partial charge is 0.0953 e. The van der Waals surface area contributed by atoms with Gasteiger partial charge in [0.2, 0.25) is 0 Å². The first-order chi connectivity index (χ1) is 8.78. The van der Waals surface area contributed by atoms with Gasteiger partial charge in [0.25, 0.3) is 0 Å². The SMILES string of the molecule is CCCn1cc(-c2cncn2C2CC(N)C2)cn1. The van der Waals surface area contributed by atoms with Gasteiger partial charge in [0.05, 0.1) is 24.4 Å². The largest absolute Gasteiger partial charge is 0.328 e. The highest BCUT2D eigenvalue weighted by molar-refractivity contribution is 5.56. The van der Waals surface area contributed by atoms with Crippen LogP contribution in [0.2, 0.25) is 0 Å². The van der Waals surface area contributed by atoms with E-state index in [0.717, 1.165) is 37.1 Å².